The van der Waals surface area contributed by atoms with E-state index in [-0.39, 0.29) is 11.3 Å². The summed E-state index contributed by atoms with van der Waals surface area (Å²) in [6, 6.07) is 1.98. The molecule has 3 rings (SSSR count). The van der Waals surface area contributed by atoms with Crippen LogP contribution in [0.1, 0.15) is 60.9 Å². The average Bonchev–Trinajstić information content (AvgIpc) is 2.89. The van der Waals surface area contributed by atoms with Gasteiger partial charge in [-0.15, -0.1) is 0 Å². The number of nitrogens with one attached hydrogen (secondary N) is 1. The Kier molecular flexibility index (Phi) is 2.82. The third-order valence-electron chi connectivity index (χ3n) is 4.75. The van der Waals surface area contributed by atoms with Gasteiger partial charge in [-0.2, -0.15) is 0 Å². The van der Waals surface area contributed by atoms with Gasteiger partial charge in [0.2, 0.25) is 0 Å². The maximum Gasteiger partial charge on any atom is 0.270 e. The molecule has 2 unspecified atom stereocenters. The minimum atomic E-state index is 0.0320. The lowest BCUT2D eigenvalue weighted by atomic mass is 9.65. The van der Waals surface area contributed by atoms with E-state index >= 15 is 0 Å². The molecule has 2 atom stereocenters. The quantitative estimate of drug-likeness (QED) is 0.843. The van der Waals surface area contributed by atoms with Crippen molar-refractivity contribution < 1.29 is 9.59 Å². The summed E-state index contributed by atoms with van der Waals surface area (Å²) in [5.41, 5.74) is 1.60. The van der Waals surface area contributed by atoms with E-state index in [1.54, 1.807) is 12.3 Å². The molecule has 108 valence electrons. The Bertz CT molecular complexity index is 561. The van der Waals surface area contributed by atoms with Crippen LogP contribution in [0, 0.1) is 10.8 Å². The molecule has 0 aromatic carbocycles. The molecule has 20 heavy (non-hydrogen) atoms. The second kappa shape index (κ2) is 4.21. The molecule has 4 nitrogen and oxygen atoms in total. The molecule has 2 heterocycles. The molecule has 1 saturated heterocycles. The normalized spacial score (nSPS) is 31.4. The largest absolute Gasteiger partial charge is 0.356 e. The van der Waals surface area contributed by atoms with Gasteiger partial charge in [-0.3, -0.25) is 9.59 Å². The minimum Gasteiger partial charge on any atom is -0.356 e. The van der Waals surface area contributed by atoms with E-state index in [2.05, 4.69) is 25.8 Å². The first kappa shape index (κ1) is 13.4. The Morgan fingerprint density at radius 1 is 1.40 bits per heavy atom. The van der Waals surface area contributed by atoms with Crippen molar-refractivity contribution >= 4 is 12.2 Å². The summed E-state index contributed by atoms with van der Waals surface area (Å²) in [6.07, 6.45) is 5.69. The molecule has 4 heteroatoms. The van der Waals surface area contributed by atoms with Gasteiger partial charge < -0.3 is 9.88 Å². The number of hydrogen-bond donors (Lipinski definition) is 1. The summed E-state index contributed by atoms with van der Waals surface area (Å²) in [6.45, 7) is 7.71. The van der Waals surface area contributed by atoms with E-state index in [4.69, 9.17) is 0 Å². The summed E-state index contributed by atoms with van der Waals surface area (Å²) in [5, 5.41) is 0. The van der Waals surface area contributed by atoms with Gasteiger partial charge in [0.15, 0.2) is 6.29 Å². The predicted octanol–water partition coefficient (Wildman–Crippen LogP) is 2.87. The Hall–Kier alpha value is -1.58. The summed E-state index contributed by atoms with van der Waals surface area (Å²) in [4.78, 5) is 28.3. The molecule has 2 bridgehead atoms. The van der Waals surface area contributed by atoms with E-state index in [1.165, 1.54) is 6.42 Å². The lowest BCUT2D eigenvalue weighted by Crippen LogP contribution is -2.37. The fourth-order valence-corrected chi connectivity index (χ4v) is 4.45. The summed E-state index contributed by atoms with van der Waals surface area (Å²) in [5.74, 6) is 0.0320. The number of aldehydes is 1. The molecule has 0 spiro atoms. The highest BCUT2D eigenvalue weighted by Crippen LogP contribution is 2.52. The van der Waals surface area contributed by atoms with E-state index in [9.17, 15) is 9.59 Å². The lowest BCUT2D eigenvalue weighted by molar-refractivity contribution is 0.0703. The van der Waals surface area contributed by atoms with Crippen LogP contribution < -0.4 is 0 Å². The maximum atomic E-state index is 12.7. The number of H-pyrrole nitrogens is 1. The van der Waals surface area contributed by atoms with E-state index < -0.39 is 0 Å². The summed E-state index contributed by atoms with van der Waals surface area (Å²) in [7, 11) is 0. The first-order valence-electron chi connectivity index (χ1n) is 7.27. The number of hydrogen-bond acceptors (Lipinski definition) is 2. The van der Waals surface area contributed by atoms with Crippen LogP contribution in [0.3, 0.4) is 0 Å². The SMILES string of the molecule is CC1(C)CC2CC(C)(CN2C(=O)c2cc(C=O)c[nH]2)C1. The number of amides is 1. The van der Waals surface area contributed by atoms with Crippen molar-refractivity contribution in [2.75, 3.05) is 6.54 Å². The zero-order valence-electron chi connectivity index (χ0n) is 12.4. The molecular weight excluding hydrogens is 252 g/mol. The molecule has 0 radical (unpaired) electrons. The maximum absolute atomic E-state index is 12.7. The molecular formula is C16H22N2O2. The average molecular weight is 274 g/mol. The molecule has 1 saturated carbocycles. The van der Waals surface area contributed by atoms with Gasteiger partial charge >= 0.3 is 0 Å². The second-order valence-corrected chi connectivity index (χ2v) is 7.61. The van der Waals surface area contributed by atoms with Crippen LogP contribution in [0.25, 0.3) is 0 Å². The number of aromatic nitrogens is 1. The van der Waals surface area contributed by atoms with Crippen LogP contribution in [-0.2, 0) is 0 Å². The first-order valence-corrected chi connectivity index (χ1v) is 7.27. The van der Waals surface area contributed by atoms with Crippen molar-refractivity contribution in [3.05, 3.63) is 23.5 Å². The number of fused-ring (bicyclic) bond motifs is 2. The van der Waals surface area contributed by atoms with Crippen molar-refractivity contribution in [3.8, 4) is 0 Å². The zero-order valence-corrected chi connectivity index (χ0v) is 12.4. The van der Waals surface area contributed by atoms with Crippen molar-refractivity contribution in [1.82, 2.24) is 9.88 Å². The highest BCUT2D eigenvalue weighted by molar-refractivity contribution is 5.94. The molecule has 1 aromatic heterocycles. The number of aromatic amines is 1. The van der Waals surface area contributed by atoms with Gasteiger partial charge in [-0.25, -0.2) is 0 Å². The molecule has 1 aliphatic heterocycles. The zero-order chi connectivity index (χ0) is 14.5. The minimum absolute atomic E-state index is 0.0320. The molecule has 1 aromatic rings. The van der Waals surface area contributed by atoms with Gasteiger partial charge in [0, 0.05) is 24.3 Å². The van der Waals surface area contributed by atoms with Crippen LogP contribution in [0.4, 0.5) is 0 Å². The Balaban J connectivity index is 1.85. The number of carbonyl (C=O) groups is 2. The number of likely N-dealkylation sites (tertiary alicyclic amines) is 1. The molecule has 2 aliphatic rings. The van der Waals surface area contributed by atoms with E-state index in [0.29, 0.717) is 22.7 Å². The second-order valence-electron chi connectivity index (χ2n) is 7.61. The lowest BCUT2D eigenvalue weighted by Gasteiger charge is -2.39. The predicted molar refractivity (Wildman–Crippen MR) is 76.7 cm³/mol. The van der Waals surface area contributed by atoms with Crippen LogP contribution >= 0.6 is 0 Å². The smallest absolute Gasteiger partial charge is 0.270 e. The van der Waals surface area contributed by atoms with Gasteiger partial charge in [0.1, 0.15) is 5.69 Å². The fourth-order valence-electron chi connectivity index (χ4n) is 4.45. The Morgan fingerprint density at radius 2 is 2.15 bits per heavy atom. The van der Waals surface area contributed by atoms with Crippen molar-refractivity contribution in [1.29, 1.82) is 0 Å². The third kappa shape index (κ3) is 2.17. The number of rotatable bonds is 2. The monoisotopic (exact) mass is 274 g/mol. The topological polar surface area (TPSA) is 53.2 Å². The van der Waals surface area contributed by atoms with Crippen LogP contribution in [0.5, 0.6) is 0 Å². The van der Waals surface area contributed by atoms with Gasteiger partial charge in [-0.05, 0) is 36.2 Å². The molecule has 1 amide bonds. The molecule has 2 fully saturated rings. The Morgan fingerprint density at radius 3 is 2.80 bits per heavy atom. The standard InChI is InChI=1S/C16H22N2O2/c1-15(2)5-12-6-16(3,9-15)10-18(12)14(20)13-4-11(8-19)7-17-13/h4,7-8,12,17H,5-6,9-10H2,1-3H3. The van der Waals surface area contributed by atoms with Crippen molar-refractivity contribution in [2.45, 2.75) is 46.1 Å². The highest BCUT2D eigenvalue weighted by Gasteiger charge is 2.51. The van der Waals surface area contributed by atoms with E-state index in [1.807, 2.05) is 4.90 Å². The fraction of sp³-hybridized carbons (Fsp3) is 0.625. The molecule has 1 N–H and O–H groups in total. The first-order chi connectivity index (χ1) is 9.32. The summed E-state index contributed by atoms with van der Waals surface area (Å²) < 4.78 is 0. The van der Waals surface area contributed by atoms with Gasteiger partial charge in [-0.1, -0.05) is 20.8 Å². The van der Waals surface area contributed by atoms with Crippen LogP contribution in [0.15, 0.2) is 12.3 Å². The highest BCUT2D eigenvalue weighted by atomic mass is 16.2. The summed E-state index contributed by atoms with van der Waals surface area (Å²) >= 11 is 0. The van der Waals surface area contributed by atoms with Crippen LogP contribution in [-0.4, -0.2) is 34.7 Å². The van der Waals surface area contributed by atoms with E-state index in [0.717, 1.165) is 25.7 Å². The number of nitrogens with zero attached hydrogens (tertiary/aromatic N) is 1. The van der Waals surface area contributed by atoms with Gasteiger partial charge in [0.25, 0.3) is 5.91 Å². The van der Waals surface area contributed by atoms with Crippen molar-refractivity contribution in [2.24, 2.45) is 10.8 Å². The Labute approximate surface area is 119 Å². The third-order valence-corrected chi connectivity index (χ3v) is 4.75. The van der Waals surface area contributed by atoms with Crippen LogP contribution in [0.2, 0.25) is 0 Å². The van der Waals surface area contributed by atoms with Gasteiger partial charge in [0.05, 0.1) is 0 Å². The molecule has 1 aliphatic carbocycles. The number of carbonyl (C=O) groups excluding carboxylic acids is 2. The van der Waals surface area contributed by atoms with Crippen molar-refractivity contribution in [3.63, 3.8) is 0 Å².